The van der Waals surface area contributed by atoms with E-state index in [4.69, 9.17) is 5.84 Å². The van der Waals surface area contributed by atoms with Crippen LogP contribution in [0.2, 0.25) is 0 Å². The van der Waals surface area contributed by atoms with Crippen molar-refractivity contribution in [3.63, 3.8) is 0 Å². The van der Waals surface area contributed by atoms with E-state index < -0.39 is 0 Å². The number of nitrogens with one attached hydrogen (secondary N) is 2. The van der Waals surface area contributed by atoms with Gasteiger partial charge in [-0.15, -0.1) is 0 Å². The summed E-state index contributed by atoms with van der Waals surface area (Å²) in [4.78, 5) is 11.6. The Balaban J connectivity index is 1.99. The van der Waals surface area contributed by atoms with E-state index in [1.165, 1.54) is 32.4 Å². The van der Waals surface area contributed by atoms with Crippen molar-refractivity contribution in [2.75, 3.05) is 36.9 Å². The summed E-state index contributed by atoms with van der Waals surface area (Å²) in [5, 5.41) is 3.44. The van der Waals surface area contributed by atoms with Crippen LogP contribution in [0.15, 0.2) is 0 Å². The summed E-state index contributed by atoms with van der Waals surface area (Å²) in [6.45, 7) is 10.6. The standard InChI is InChI=1S/C15H28N6/c1-11(2)13-18-14(12(3)15(19-13)20-16)17-7-10-21-8-5-4-6-9-21/h11H,4-10,16H2,1-3H3,(H2,17,18,19,20). The zero-order valence-electron chi connectivity index (χ0n) is 13.4. The number of nitrogens with two attached hydrogens (primary N) is 1. The first-order chi connectivity index (χ1) is 10.1. The van der Waals surface area contributed by atoms with Gasteiger partial charge in [0.1, 0.15) is 17.5 Å². The fraction of sp³-hybridized carbons (Fsp3) is 0.733. The van der Waals surface area contributed by atoms with Gasteiger partial charge in [0.05, 0.1) is 0 Å². The van der Waals surface area contributed by atoms with Crippen molar-refractivity contribution < 1.29 is 0 Å². The van der Waals surface area contributed by atoms with Gasteiger partial charge >= 0.3 is 0 Å². The average molecular weight is 292 g/mol. The number of rotatable bonds is 6. The van der Waals surface area contributed by atoms with E-state index in [0.717, 1.165) is 30.3 Å². The van der Waals surface area contributed by atoms with E-state index in [9.17, 15) is 0 Å². The van der Waals surface area contributed by atoms with Crippen molar-refractivity contribution in [3.8, 4) is 0 Å². The van der Waals surface area contributed by atoms with E-state index in [-0.39, 0.29) is 5.92 Å². The molecule has 0 aromatic carbocycles. The van der Waals surface area contributed by atoms with Crippen molar-refractivity contribution in [2.24, 2.45) is 5.84 Å². The molecule has 2 rings (SSSR count). The number of anilines is 2. The maximum Gasteiger partial charge on any atom is 0.148 e. The molecule has 1 aliphatic rings. The molecule has 6 nitrogen and oxygen atoms in total. The summed E-state index contributed by atoms with van der Waals surface area (Å²) < 4.78 is 0. The van der Waals surface area contributed by atoms with E-state index >= 15 is 0 Å². The maximum atomic E-state index is 5.56. The number of hydrogen-bond donors (Lipinski definition) is 3. The van der Waals surface area contributed by atoms with Crippen LogP contribution in [0.4, 0.5) is 11.6 Å². The van der Waals surface area contributed by atoms with Crippen molar-refractivity contribution in [2.45, 2.75) is 46.0 Å². The molecule has 0 atom stereocenters. The molecular formula is C15H28N6. The molecule has 4 N–H and O–H groups in total. The molecular weight excluding hydrogens is 264 g/mol. The molecule has 0 spiro atoms. The first-order valence-corrected chi connectivity index (χ1v) is 7.93. The van der Waals surface area contributed by atoms with Crippen LogP contribution in [0.25, 0.3) is 0 Å². The number of aromatic nitrogens is 2. The minimum atomic E-state index is 0.278. The number of hydrogen-bond acceptors (Lipinski definition) is 6. The van der Waals surface area contributed by atoms with Gasteiger partial charge in [-0.25, -0.2) is 15.8 Å². The number of nitrogen functional groups attached to an aromatic ring is 1. The maximum absolute atomic E-state index is 5.56. The topological polar surface area (TPSA) is 79.1 Å². The number of hydrazine groups is 1. The highest BCUT2D eigenvalue weighted by molar-refractivity contribution is 5.56. The Morgan fingerprint density at radius 2 is 1.81 bits per heavy atom. The molecule has 21 heavy (non-hydrogen) atoms. The molecule has 0 bridgehead atoms. The Hall–Kier alpha value is -1.40. The highest BCUT2D eigenvalue weighted by atomic mass is 15.3. The van der Waals surface area contributed by atoms with Gasteiger partial charge in [-0.2, -0.15) is 0 Å². The molecule has 0 amide bonds. The Bertz CT molecular complexity index is 454. The van der Waals surface area contributed by atoms with Crippen LogP contribution in [-0.4, -0.2) is 41.0 Å². The summed E-state index contributed by atoms with van der Waals surface area (Å²) in [6, 6.07) is 0. The summed E-state index contributed by atoms with van der Waals surface area (Å²) in [5.74, 6) is 8.24. The fourth-order valence-electron chi connectivity index (χ4n) is 2.62. The highest BCUT2D eigenvalue weighted by Crippen LogP contribution is 2.22. The molecule has 1 saturated heterocycles. The average Bonchev–Trinajstić information content (AvgIpc) is 2.49. The fourth-order valence-corrected chi connectivity index (χ4v) is 2.62. The van der Waals surface area contributed by atoms with Gasteiger partial charge in [-0.05, 0) is 32.9 Å². The van der Waals surface area contributed by atoms with E-state index in [0.29, 0.717) is 5.82 Å². The van der Waals surface area contributed by atoms with Crippen LogP contribution >= 0.6 is 0 Å². The lowest BCUT2D eigenvalue weighted by atomic mass is 10.1. The zero-order chi connectivity index (χ0) is 15.2. The predicted octanol–water partition coefficient (Wildman–Crippen LogP) is 2.09. The molecule has 0 saturated carbocycles. The Morgan fingerprint density at radius 3 is 2.43 bits per heavy atom. The Kier molecular flexibility index (Phi) is 5.76. The molecule has 118 valence electrons. The second kappa shape index (κ2) is 7.56. The number of nitrogens with zero attached hydrogens (tertiary/aromatic N) is 3. The van der Waals surface area contributed by atoms with Gasteiger partial charge in [0.2, 0.25) is 0 Å². The smallest absolute Gasteiger partial charge is 0.148 e. The molecule has 1 aromatic heterocycles. The number of piperidine rings is 1. The monoisotopic (exact) mass is 292 g/mol. The Labute approximate surface area is 127 Å². The van der Waals surface area contributed by atoms with Gasteiger partial charge in [0.25, 0.3) is 0 Å². The van der Waals surface area contributed by atoms with Gasteiger partial charge in [-0.1, -0.05) is 20.3 Å². The number of likely N-dealkylation sites (tertiary alicyclic amines) is 1. The summed E-state index contributed by atoms with van der Waals surface area (Å²) in [5.41, 5.74) is 3.64. The third-order valence-electron chi connectivity index (χ3n) is 3.99. The molecule has 6 heteroatoms. The minimum absolute atomic E-state index is 0.278. The molecule has 0 aliphatic carbocycles. The van der Waals surface area contributed by atoms with Gasteiger partial charge in [0, 0.05) is 24.6 Å². The predicted molar refractivity (Wildman–Crippen MR) is 87.4 cm³/mol. The van der Waals surface area contributed by atoms with Crippen LogP contribution in [0, 0.1) is 6.92 Å². The summed E-state index contributed by atoms with van der Waals surface area (Å²) in [7, 11) is 0. The van der Waals surface area contributed by atoms with Crippen LogP contribution in [0.1, 0.15) is 50.4 Å². The van der Waals surface area contributed by atoms with E-state index in [1.54, 1.807) is 0 Å². The SMILES string of the molecule is Cc1c(NN)nc(C(C)C)nc1NCCN1CCCCC1. The van der Waals surface area contributed by atoms with Crippen molar-refractivity contribution in [1.29, 1.82) is 0 Å². The first kappa shape index (κ1) is 16.0. The molecule has 1 fully saturated rings. The van der Waals surface area contributed by atoms with Crippen LogP contribution in [-0.2, 0) is 0 Å². The van der Waals surface area contributed by atoms with Gasteiger partial charge < -0.3 is 15.6 Å². The molecule has 1 aliphatic heterocycles. The lowest BCUT2D eigenvalue weighted by molar-refractivity contribution is 0.237. The van der Waals surface area contributed by atoms with Crippen LogP contribution in [0.3, 0.4) is 0 Å². The minimum Gasteiger partial charge on any atom is -0.368 e. The van der Waals surface area contributed by atoms with E-state index in [1.807, 2.05) is 6.92 Å². The largest absolute Gasteiger partial charge is 0.368 e. The molecule has 0 unspecified atom stereocenters. The van der Waals surface area contributed by atoms with Crippen molar-refractivity contribution in [3.05, 3.63) is 11.4 Å². The van der Waals surface area contributed by atoms with E-state index in [2.05, 4.69) is 39.5 Å². The third-order valence-corrected chi connectivity index (χ3v) is 3.99. The normalized spacial score (nSPS) is 16.2. The lowest BCUT2D eigenvalue weighted by Crippen LogP contribution is -2.34. The summed E-state index contributed by atoms with van der Waals surface area (Å²) >= 11 is 0. The first-order valence-electron chi connectivity index (χ1n) is 7.93. The molecule has 1 aromatic rings. The van der Waals surface area contributed by atoms with Crippen molar-refractivity contribution in [1.82, 2.24) is 14.9 Å². The van der Waals surface area contributed by atoms with Gasteiger partial charge in [0.15, 0.2) is 0 Å². The summed E-state index contributed by atoms with van der Waals surface area (Å²) in [6.07, 6.45) is 4.02. The third kappa shape index (κ3) is 4.28. The van der Waals surface area contributed by atoms with Crippen LogP contribution in [0.5, 0.6) is 0 Å². The zero-order valence-corrected chi connectivity index (χ0v) is 13.4. The lowest BCUT2D eigenvalue weighted by Gasteiger charge is -2.26. The second-order valence-electron chi connectivity index (χ2n) is 6.03. The molecule has 0 radical (unpaired) electrons. The van der Waals surface area contributed by atoms with Crippen LogP contribution < -0.4 is 16.6 Å². The van der Waals surface area contributed by atoms with Crippen molar-refractivity contribution >= 4 is 11.6 Å². The quantitative estimate of drug-likeness (QED) is 0.550. The second-order valence-corrected chi connectivity index (χ2v) is 6.03. The van der Waals surface area contributed by atoms with Gasteiger partial charge in [-0.3, -0.25) is 0 Å². The highest BCUT2D eigenvalue weighted by Gasteiger charge is 2.13. The molecule has 2 heterocycles. The Morgan fingerprint density at radius 1 is 1.14 bits per heavy atom.